The number of carbonyl (C=O) groups is 1. The Bertz CT molecular complexity index is 1170. The third-order valence-corrected chi connectivity index (χ3v) is 4.13. The van der Waals surface area contributed by atoms with Crippen LogP contribution in [0, 0.1) is 20.2 Å². The van der Waals surface area contributed by atoms with Gasteiger partial charge in [0, 0.05) is 17.1 Å². The standard InChI is InChI=1S/C19H15N5O6/c25-18(11-20-16-7-3-5-12-4-1-2-6-15(12)16)22-21-10-13-8-14(23(27)28)9-17(19(13)26)24(29)30/h1-10,20,26H,11H2,(H,22,25)/b21-10+. The Morgan fingerprint density at radius 1 is 1.07 bits per heavy atom. The Morgan fingerprint density at radius 2 is 1.80 bits per heavy atom. The van der Waals surface area contributed by atoms with Gasteiger partial charge in [0.05, 0.1) is 34.2 Å². The van der Waals surface area contributed by atoms with Gasteiger partial charge in [-0.3, -0.25) is 25.0 Å². The number of non-ortho nitro benzene ring substituents is 1. The minimum absolute atomic E-state index is 0.119. The second-order valence-corrected chi connectivity index (χ2v) is 6.09. The first-order valence-corrected chi connectivity index (χ1v) is 8.56. The second kappa shape index (κ2) is 8.65. The van der Waals surface area contributed by atoms with Crippen LogP contribution in [0.15, 0.2) is 59.7 Å². The van der Waals surface area contributed by atoms with Crippen molar-refractivity contribution in [2.45, 2.75) is 0 Å². The molecule has 3 aromatic carbocycles. The first-order valence-electron chi connectivity index (χ1n) is 8.56. The van der Waals surface area contributed by atoms with Gasteiger partial charge in [0.25, 0.3) is 11.6 Å². The number of hydrogen-bond acceptors (Lipinski definition) is 8. The second-order valence-electron chi connectivity index (χ2n) is 6.09. The molecule has 0 atom stereocenters. The zero-order valence-electron chi connectivity index (χ0n) is 15.3. The molecule has 3 aromatic rings. The Labute approximate surface area is 168 Å². The molecule has 152 valence electrons. The molecule has 11 nitrogen and oxygen atoms in total. The van der Waals surface area contributed by atoms with E-state index in [-0.39, 0.29) is 12.1 Å². The van der Waals surface area contributed by atoms with Crippen LogP contribution < -0.4 is 10.7 Å². The van der Waals surface area contributed by atoms with Crippen molar-refractivity contribution >= 4 is 40.0 Å². The minimum Gasteiger partial charge on any atom is -0.502 e. The van der Waals surface area contributed by atoms with Crippen LogP contribution in [-0.4, -0.2) is 33.6 Å². The Balaban J connectivity index is 1.68. The van der Waals surface area contributed by atoms with E-state index in [1.54, 1.807) is 0 Å². The number of amides is 1. The maximum Gasteiger partial charge on any atom is 0.318 e. The van der Waals surface area contributed by atoms with E-state index in [2.05, 4.69) is 15.8 Å². The zero-order chi connectivity index (χ0) is 21.7. The summed E-state index contributed by atoms with van der Waals surface area (Å²) in [5, 5.41) is 40.3. The summed E-state index contributed by atoms with van der Waals surface area (Å²) in [5.41, 5.74) is 1.23. The first-order chi connectivity index (χ1) is 14.4. The van der Waals surface area contributed by atoms with Crippen LogP contribution in [0.25, 0.3) is 10.8 Å². The molecule has 0 aromatic heterocycles. The number of rotatable bonds is 7. The summed E-state index contributed by atoms with van der Waals surface area (Å²) in [6.45, 7) is -0.119. The molecule has 3 N–H and O–H groups in total. The lowest BCUT2D eigenvalue weighted by Crippen LogP contribution is -2.25. The summed E-state index contributed by atoms with van der Waals surface area (Å²) in [7, 11) is 0. The molecule has 0 fully saturated rings. The molecule has 0 bridgehead atoms. The molecule has 0 aliphatic heterocycles. The molecule has 0 heterocycles. The summed E-state index contributed by atoms with van der Waals surface area (Å²) in [6.07, 6.45) is 0.894. The van der Waals surface area contributed by atoms with Crippen molar-refractivity contribution in [3.63, 3.8) is 0 Å². The molecule has 30 heavy (non-hydrogen) atoms. The number of aromatic hydroxyl groups is 1. The molecule has 0 aliphatic carbocycles. The maximum atomic E-state index is 12.0. The number of hydrazone groups is 1. The number of nitrogens with one attached hydrogen (secondary N) is 2. The predicted molar refractivity (Wildman–Crippen MR) is 110 cm³/mol. The summed E-state index contributed by atoms with van der Waals surface area (Å²) in [6, 6.07) is 14.8. The van der Waals surface area contributed by atoms with E-state index in [0.717, 1.165) is 28.7 Å². The highest BCUT2D eigenvalue weighted by atomic mass is 16.6. The van der Waals surface area contributed by atoms with Gasteiger partial charge in [-0.1, -0.05) is 36.4 Å². The molecule has 0 saturated carbocycles. The summed E-state index contributed by atoms with van der Waals surface area (Å²) >= 11 is 0. The average Bonchev–Trinajstić information content (AvgIpc) is 2.73. The van der Waals surface area contributed by atoms with Gasteiger partial charge >= 0.3 is 5.69 Å². The fourth-order valence-corrected chi connectivity index (χ4v) is 2.74. The molecule has 11 heteroatoms. The van der Waals surface area contributed by atoms with Crippen molar-refractivity contribution in [1.29, 1.82) is 0 Å². The van der Waals surface area contributed by atoms with Crippen LogP contribution in [0.1, 0.15) is 5.56 Å². The quantitative estimate of drug-likeness (QED) is 0.307. The highest BCUT2D eigenvalue weighted by Crippen LogP contribution is 2.33. The number of phenols is 1. The number of carbonyl (C=O) groups excluding carboxylic acids is 1. The molecular formula is C19H15N5O6. The van der Waals surface area contributed by atoms with Crippen molar-refractivity contribution in [1.82, 2.24) is 5.43 Å². The molecule has 0 unspecified atom stereocenters. The number of nitrogens with zero attached hydrogens (tertiary/aromatic N) is 3. The lowest BCUT2D eigenvalue weighted by molar-refractivity contribution is -0.394. The van der Waals surface area contributed by atoms with Gasteiger partial charge in [0.15, 0.2) is 0 Å². The van der Waals surface area contributed by atoms with Crippen LogP contribution in [0.3, 0.4) is 0 Å². The lowest BCUT2D eigenvalue weighted by Gasteiger charge is -2.08. The Hall–Kier alpha value is -4.54. The van der Waals surface area contributed by atoms with Crippen molar-refractivity contribution in [3.05, 3.63) is 80.4 Å². The lowest BCUT2D eigenvalue weighted by atomic mass is 10.1. The Kier molecular flexibility index (Phi) is 5.82. The van der Waals surface area contributed by atoms with Crippen LogP contribution in [-0.2, 0) is 4.79 Å². The Morgan fingerprint density at radius 3 is 2.53 bits per heavy atom. The van der Waals surface area contributed by atoms with Gasteiger partial charge in [-0.15, -0.1) is 0 Å². The van der Waals surface area contributed by atoms with E-state index >= 15 is 0 Å². The molecule has 0 spiro atoms. The maximum absolute atomic E-state index is 12.0. The largest absolute Gasteiger partial charge is 0.502 e. The zero-order valence-corrected chi connectivity index (χ0v) is 15.3. The number of fused-ring (bicyclic) bond motifs is 1. The predicted octanol–water partition coefficient (Wildman–Crippen LogP) is 2.92. The number of nitro groups is 2. The summed E-state index contributed by atoms with van der Waals surface area (Å²) in [4.78, 5) is 32.1. The van der Waals surface area contributed by atoms with E-state index in [0.29, 0.717) is 6.07 Å². The fourth-order valence-electron chi connectivity index (χ4n) is 2.74. The van der Waals surface area contributed by atoms with Crippen molar-refractivity contribution in [2.75, 3.05) is 11.9 Å². The van der Waals surface area contributed by atoms with Crippen LogP contribution in [0.4, 0.5) is 17.1 Å². The molecule has 1 amide bonds. The van der Waals surface area contributed by atoms with E-state index < -0.39 is 32.9 Å². The van der Waals surface area contributed by atoms with Crippen LogP contribution >= 0.6 is 0 Å². The van der Waals surface area contributed by atoms with Gasteiger partial charge in [-0.05, 0) is 11.5 Å². The van der Waals surface area contributed by atoms with Gasteiger partial charge in [0.1, 0.15) is 0 Å². The average molecular weight is 409 g/mol. The van der Waals surface area contributed by atoms with E-state index in [1.165, 1.54) is 0 Å². The molecule has 0 radical (unpaired) electrons. The van der Waals surface area contributed by atoms with E-state index in [4.69, 9.17) is 0 Å². The first kappa shape index (κ1) is 20.2. The minimum atomic E-state index is -0.952. The molecule has 0 saturated heterocycles. The normalized spacial score (nSPS) is 10.8. The number of hydrogen-bond donors (Lipinski definition) is 3. The van der Waals surface area contributed by atoms with Crippen molar-refractivity contribution < 1.29 is 19.7 Å². The highest BCUT2D eigenvalue weighted by Gasteiger charge is 2.23. The van der Waals surface area contributed by atoms with Crippen LogP contribution in [0.2, 0.25) is 0 Å². The van der Waals surface area contributed by atoms with Gasteiger partial charge < -0.3 is 10.4 Å². The topological polar surface area (TPSA) is 160 Å². The highest BCUT2D eigenvalue weighted by molar-refractivity contribution is 5.95. The SMILES string of the molecule is O=C(CNc1cccc2ccccc12)N/N=C/c1cc([N+](=O)[O-])cc([N+](=O)[O-])c1O. The van der Waals surface area contributed by atoms with Crippen LogP contribution in [0.5, 0.6) is 5.75 Å². The number of nitro benzene ring substituents is 2. The smallest absolute Gasteiger partial charge is 0.318 e. The number of benzene rings is 3. The monoisotopic (exact) mass is 409 g/mol. The third kappa shape index (κ3) is 4.47. The summed E-state index contributed by atoms with van der Waals surface area (Å²) < 4.78 is 0. The van der Waals surface area contributed by atoms with Gasteiger partial charge in [-0.25, -0.2) is 5.43 Å². The number of anilines is 1. The fraction of sp³-hybridized carbons (Fsp3) is 0.0526. The van der Waals surface area contributed by atoms with E-state index in [1.807, 2.05) is 42.5 Å². The van der Waals surface area contributed by atoms with Crippen molar-refractivity contribution in [3.8, 4) is 5.75 Å². The molecule has 3 rings (SSSR count). The van der Waals surface area contributed by atoms with Gasteiger partial charge in [0.2, 0.25) is 5.75 Å². The number of phenolic OH excluding ortho intramolecular Hbond substituents is 1. The van der Waals surface area contributed by atoms with E-state index in [9.17, 15) is 30.1 Å². The summed E-state index contributed by atoms with van der Waals surface area (Å²) in [5.74, 6) is -1.32. The molecular weight excluding hydrogens is 394 g/mol. The van der Waals surface area contributed by atoms with Crippen molar-refractivity contribution in [2.24, 2.45) is 5.10 Å². The molecule has 0 aliphatic rings. The van der Waals surface area contributed by atoms with Gasteiger partial charge in [-0.2, -0.15) is 5.10 Å². The third-order valence-electron chi connectivity index (χ3n) is 4.13.